The fourth-order valence-electron chi connectivity index (χ4n) is 9.85. The van der Waals surface area contributed by atoms with Crippen molar-refractivity contribution in [3.05, 3.63) is 47.7 Å². The van der Waals surface area contributed by atoms with E-state index in [-0.39, 0.29) is 40.7 Å². The highest BCUT2D eigenvalue weighted by Gasteiger charge is 2.49. The van der Waals surface area contributed by atoms with Crippen molar-refractivity contribution >= 4 is 35.6 Å². The first kappa shape index (κ1) is 37.1. The van der Waals surface area contributed by atoms with E-state index in [0.29, 0.717) is 63.5 Å². The maximum Gasteiger partial charge on any atom is 0.319 e. The number of ether oxygens (including phenoxy) is 1. The van der Waals surface area contributed by atoms with Crippen molar-refractivity contribution in [3.63, 3.8) is 0 Å². The zero-order valence-corrected chi connectivity index (χ0v) is 33.4. The van der Waals surface area contributed by atoms with Gasteiger partial charge in [-0.3, -0.25) is 9.88 Å². The van der Waals surface area contributed by atoms with Crippen LogP contribution in [0.1, 0.15) is 92.1 Å². The number of halogens is 3. The van der Waals surface area contributed by atoms with Crippen LogP contribution in [0.3, 0.4) is 0 Å². The molecule has 1 N–H and O–H groups in total. The first-order valence-electron chi connectivity index (χ1n) is 19.9. The maximum atomic E-state index is 17.4. The summed E-state index contributed by atoms with van der Waals surface area (Å²) >= 11 is 0. The van der Waals surface area contributed by atoms with Gasteiger partial charge < -0.3 is 14.7 Å². The molecule has 2 atom stereocenters. The van der Waals surface area contributed by atoms with Crippen molar-refractivity contribution < 1.29 is 23.0 Å². The second-order valence-electron chi connectivity index (χ2n) is 17.4. The second kappa shape index (κ2) is 14.0. The van der Waals surface area contributed by atoms with Gasteiger partial charge in [0.25, 0.3) is 0 Å². The number of aromatic nitrogens is 3. The highest BCUT2D eigenvalue weighted by Crippen LogP contribution is 2.45. The number of anilines is 1. The van der Waals surface area contributed by atoms with Crippen molar-refractivity contribution in [3.8, 4) is 34.5 Å². The molecule has 0 bridgehead atoms. The number of hydrogen-bond acceptors (Lipinski definition) is 7. The van der Waals surface area contributed by atoms with Crippen molar-refractivity contribution in [2.45, 2.75) is 121 Å². The number of alkyl halides is 1. The van der Waals surface area contributed by atoms with Gasteiger partial charge in [0.15, 0.2) is 5.82 Å². The van der Waals surface area contributed by atoms with Gasteiger partial charge in [-0.25, -0.2) is 13.2 Å². The van der Waals surface area contributed by atoms with Gasteiger partial charge in [0.05, 0.1) is 16.5 Å². The van der Waals surface area contributed by atoms with Crippen LogP contribution in [-0.4, -0.2) is 77.0 Å². The molecule has 2 aromatic carbocycles. The van der Waals surface area contributed by atoms with Crippen LogP contribution in [-0.2, 0) is 0 Å². The molecule has 4 heterocycles. The minimum absolute atomic E-state index is 0.0448. The summed E-state index contributed by atoms with van der Waals surface area (Å²) < 4.78 is 54.4. The first-order valence-corrected chi connectivity index (χ1v) is 22.2. The summed E-state index contributed by atoms with van der Waals surface area (Å²) in [7, 11) is -2.27. The average Bonchev–Trinajstić information content (AvgIpc) is 4.05. The molecule has 0 amide bonds. The topological polar surface area (TPSA) is 74.6 Å². The Labute approximate surface area is 317 Å². The molecular formula is C43H52F3N5O2Si. The quantitative estimate of drug-likeness (QED) is 0.121. The van der Waals surface area contributed by atoms with Gasteiger partial charge in [-0.05, 0) is 91.2 Å². The Bertz CT molecular complexity index is 2140. The van der Waals surface area contributed by atoms with Gasteiger partial charge in [-0.1, -0.05) is 53.5 Å². The third-order valence-corrected chi connectivity index (χ3v) is 19.2. The van der Waals surface area contributed by atoms with Crippen molar-refractivity contribution in [2.75, 3.05) is 31.1 Å². The number of fused-ring (bicyclic) bond motifs is 3. The summed E-state index contributed by atoms with van der Waals surface area (Å²) in [6.45, 7) is 15.5. The van der Waals surface area contributed by atoms with Crippen LogP contribution in [0, 0.1) is 29.0 Å². The van der Waals surface area contributed by atoms with Crippen LogP contribution in [0.2, 0.25) is 16.6 Å². The fraction of sp³-hybridized carbons (Fsp3) is 0.558. The SMILES string of the molecule is CC(C)[Si](C#Cc1c(F)ccc2cc(O)cc(-c3ncc4c(N(CC5CC5)C5CC5)nc(OC[C@@]56CCCN5C[C@H](F)C6)nc4c3F)c12)(C(C)C)C(C)C. The number of aromatic hydroxyl groups is 1. The lowest BCUT2D eigenvalue weighted by Crippen LogP contribution is -2.43. The monoisotopic (exact) mass is 755 g/mol. The highest BCUT2D eigenvalue weighted by molar-refractivity contribution is 6.90. The molecule has 0 unspecified atom stereocenters. The molecule has 2 aromatic heterocycles. The molecule has 11 heteroatoms. The molecule has 4 fully saturated rings. The van der Waals surface area contributed by atoms with E-state index in [1.807, 2.05) is 0 Å². The number of phenolic OH excluding ortho intramolecular Hbond substituents is 1. The summed E-state index contributed by atoms with van der Waals surface area (Å²) in [6, 6.07) is 6.28. The van der Waals surface area contributed by atoms with Crippen LogP contribution in [0.4, 0.5) is 19.0 Å². The van der Waals surface area contributed by atoms with Crippen LogP contribution in [0.15, 0.2) is 30.5 Å². The van der Waals surface area contributed by atoms with Crippen molar-refractivity contribution in [2.24, 2.45) is 5.92 Å². The van der Waals surface area contributed by atoms with Crippen LogP contribution in [0.5, 0.6) is 11.8 Å². The molecular weight excluding hydrogens is 704 g/mol. The minimum atomic E-state index is -2.27. The van der Waals surface area contributed by atoms with E-state index < -0.39 is 31.4 Å². The Balaban J connectivity index is 1.29. The Morgan fingerprint density at radius 1 is 1.04 bits per heavy atom. The van der Waals surface area contributed by atoms with E-state index >= 15 is 8.78 Å². The zero-order chi connectivity index (χ0) is 38.1. The molecule has 2 saturated carbocycles. The second-order valence-corrected chi connectivity index (χ2v) is 22.9. The Kier molecular flexibility index (Phi) is 9.61. The zero-order valence-electron chi connectivity index (χ0n) is 32.4. The molecule has 0 radical (unpaired) electrons. The third-order valence-electron chi connectivity index (χ3n) is 12.9. The number of hydrogen-bond donors (Lipinski definition) is 1. The van der Waals surface area contributed by atoms with E-state index in [9.17, 15) is 9.50 Å². The predicted octanol–water partition coefficient (Wildman–Crippen LogP) is 9.73. The van der Waals surface area contributed by atoms with E-state index in [1.54, 1.807) is 18.3 Å². The van der Waals surface area contributed by atoms with Gasteiger partial charge in [-0.15, -0.1) is 5.54 Å². The standard InChI is InChI=1S/C43H52F3N5O2Si/c1-25(2)54(26(3)4,27(5)6)17-14-33-36(45)13-10-29-18-32(52)19-34(37(29)33)39-38(46)40-35(21-47-39)41(51(31-11-12-31)22-28-8-9-28)49-42(48-40)53-24-43-15-7-16-50(43)23-30(44)20-43/h10,13,18-19,21,25-28,30-31,52H,7-9,11-12,15-16,20,22-24H2,1-6H3/t30-,43+/m1/s1. The molecule has 4 aromatic rings. The number of rotatable bonds is 11. The number of nitrogens with zero attached hydrogens (tertiary/aromatic N) is 5. The van der Waals surface area contributed by atoms with E-state index in [2.05, 4.69) is 62.8 Å². The highest BCUT2D eigenvalue weighted by atomic mass is 28.3. The normalized spacial score (nSPS) is 21.7. The van der Waals surface area contributed by atoms with Crippen molar-refractivity contribution in [1.82, 2.24) is 19.9 Å². The predicted molar refractivity (Wildman–Crippen MR) is 211 cm³/mol. The van der Waals surface area contributed by atoms with E-state index in [1.165, 1.54) is 12.1 Å². The van der Waals surface area contributed by atoms with E-state index in [4.69, 9.17) is 19.7 Å². The molecule has 4 aliphatic rings. The molecule has 0 spiro atoms. The summed E-state index contributed by atoms with van der Waals surface area (Å²) in [4.78, 5) is 18.8. The Morgan fingerprint density at radius 3 is 2.46 bits per heavy atom. The third kappa shape index (κ3) is 6.51. The van der Waals surface area contributed by atoms with Gasteiger partial charge in [0, 0.05) is 42.7 Å². The number of benzene rings is 2. The molecule has 8 rings (SSSR count). The Morgan fingerprint density at radius 2 is 1.78 bits per heavy atom. The summed E-state index contributed by atoms with van der Waals surface area (Å²) in [5.74, 6) is 3.12. The van der Waals surface area contributed by atoms with Crippen molar-refractivity contribution in [1.29, 1.82) is 0 Å². The summed E-state index contributed by atoms with van der Waals surface area (Å²) in [5, 5.41) is 12.3. The average molecular weight is 756 g/mol. The largest absolute Gasteiger partial charge is 0.508 e. The van der Waals surface area contributed by atoms with Gasteiger partial charge >= 0.3 is 6.01 Å². The van der Waals surface area contributed by atoms with Gasteiger partial charge in [0.1, 0.15) is 49.4 Å². The number of phenols is 1. The van der Waals surface area contributed by atoms with Crippen LogP contribution >= 0.6 is 0 Å². The minimum Gasteiger partial charge on any atom is -0.508 e. The van der Waals surface area contributed by atoms with Crippen LogP contribution in [0.25, 0.3) is 32.9 Å². The smallest absolute Gasteiger partial charge is 0.319 e. The molecule has 286 valence electrons. The van der Waals surface area contributed by atoms with Gasteiger partial charge in [0.2, 0.25) is 0 Å². The lowest BCUT2D eigenvalue weighted by atomic mass is 9.95. The Hall–Kier alpha value is -3.88. The lowest BCUT2D eigenvalue weighted by Gasteiger charge is -2.38. The van der Waals surface area contributed by atoms with Crippen LogP contribution < -0.4 is 9.64 Å². The molecule has 2 aliphatic carbocycles. The lowest BCUT2D eigenvalue weighted by molar-refractivity contribution is 0.107. The molecule has 7 nitrogen and oxygen atoms in total. The molecule has 2 saturated heterocycles. The first-order chi connectivity index (χ1) is 25.8. The summed E-state index contributed by atoms with van der Waals surface area (Å²) in [6.07, 6.45) is 7.24. The molecule has 2 aliphatic heterocycles. The molecule has 54 heavy (non-hydrogen) atoms. The van der Waals surface area contributed by atoms with E-state index in [0.717, 1.165) is 51.6 Å². The fourth-order valence-corrected chi connectivity index (χ4v) is 15.1. The summed E-state index contributed by atoms with van der Waals surface area (Å²) in [5.41, 5.74) is 4.59. The maximum absolute atomic E-state index is 17.4. The van der Waals surface area contributed by atoms with Gasteiger partial charge in [-0.2, -0.15) is 9.97 Å². The number of pyridine rings is 1.